The predicted molar refractivity (Wildman–Crippen MR) is 85.0 cm³/mol. The van der Waals surface area contributed by atoms with Crippen LogP contribution in [0.3, 0.4) is 0 Å². The number of benzene rings is 2. The quantitative estimate of drug-likeness (QED) is 0.917. The van der Waals surface area contributed by atoms with Gasteiger partial charge in [0.2, 0.25) is 5.91 Å². The highest BCUT2D eigenvalue weighted by Crippen LogP contribution is 2.23. The van der Waals surface area contributed by atoms with Crippen LogP contribution in [0.5, 0.6) is 0 Å². The van der Waals surface area contributed by atoms with Crippen LogP contribution in [-0.2, 0) is 9.53 Å². The fraction of sp³-hybridized carbons (Fsp3) is 0.167. The molecule has 106 valence electrons. The van der Waals surface area contributed by atoms with E-state index in [9.17, 15) is 4.79 Å². The molecule has 1 aliphatic rings. The first kappa shape index (κ1) is 13.4. The van der Waals surface area contributed by atoms with E-state index < -0.39 is 0 Å². The zero-order chi connectivity index (χ0) is 14.5. The van der Waals surface area contributed by atoms with Crippen LogP contribution in [-0.4, -0.2) is 12.5 Å². The highest BCUT2D eigenvalue weighted by atomic mass is 16.5. The number of rotatable bonds is 4. The molecule has 2 aromatic rings. The largest absolute Gasteiger partial charge is 0.497 e. The van der Waals surface area contributed by atoms with E-state index in [1.165, 1.54) is 0 Å². The standard InChI is InChI=1S/C18H17NO2/c20-18(11-10-14-5-4-12-21-13-14)19-17-9-3-7-15-6-1-2-8-16(15)17/h1-9,12H,10-11,13H2,(H,19,20). The summed E-state index contributed by atoms with van der Waals surface area (Å²) in [6.07, 6.45) is 6.73. The van der Waals surface area contributed by atoms with Crippen molar-refractivity contribution in [2.45, 2.75) is 12.8 Å². The van der Waals surface area contributed by atoms with Gasteiger partial charge in [-0.25, -0.2) is 0 Å². The summed E-state index contributed by atoms with van der Waals surface area (Å²) in [7, 11) is 0. The van der Waals surface area contributed by atoms with E-state index in [2.05, 4.69) is 5.32 Å². The van der Waals surface area contributed by atoms with Gasteiger partial charge in [-0.1, -0.05) is 42.5 Å². The second-order valence-electron chi connectivity index (χ2n) is 5.04. The molecule has 1 aliphatic heterocycles. The summed E-state index contributed by atoms with van der Waals surface area (Å²) < 4.78 is 5.21. The van der Waals surface area contributed by atoms with Gasteiger partial charge >= 0.3 is 0 Å². The van der Waals surface area contributed by atoms with E-state index in [1.54, 1.807) is 6.26 Å². The number of nitrogens with one attached hydrogen (secondary N) is 1. The summed E-state index contributed by atoms with van der Waals surface area (Å²) >= 11 is 0. The lowest BCUT2D eigenvalue weighted by Crippen LogP contribution is -2.12. The lowest BCUT2D eigenvalue weighted by Gasteiger charge is -2.11. The van der Waals surface area contributed by atoms with Crippen LogP contribution in [0.1, 0.15) is 12.8 Å². The molecule has 0 aromatic heterocycles. The third kappa shape index (κ3) is 3.31. The zero-order valence-electron chi connectivity index (χ0n) is 11.7. The van der Waals surface area contributed by atoms with Crippen molar-refractivity contribution in [1.29, 1.82) is 0 Å². The van der Waals surface area contributed by atoms with Crippen molar-refractivity contribution in [3.05, 3.63) is 66.5 Å². The number of amides is 1. The molecule has 0 saturated heterocycles. The predicted octanol–water partition coefficient (Wildman–Crippen LogP) is 4.03. The minimum atomic E-state index is 0.0295. The summed E-state index contributed by atoms with van der Waals surface area (Å²) in [6.45, 7) is 0.581. The van der Waals surface area contributed by atoms with E-state index in [4.69, 9.17) is 4.74 Å². The first-order valence-corrected chi connectivity index (χ1v) is 7.07. The monoisotopic (exact) mass is 279 g/mol. The van der Waals surface area contributed by atoms with Gasteiger partial charge in [-0.15, -0.1) is 0 Å². The topological polar surface area (TPSA) is 38.3 Å². The van der Waals surface area contributed by atoms with Crippen LogP contribution < -0.4 is 5.32 Å². The molecule has 0 spiro atoms. The number of ether oxygens (including phenoxy) is 1. The maximum absolute atomic E-state index is 12.1. The molecule has 2 aromatic carbocycles. The van der Waals surface area contributed by atoms with Gasteiger partial charge in [0.15, 0.2) is 0 Å². The molecule has 0 atom stereocenters. The molecule has 1 amide bonds. The molecule has 0 fully saturated rings. The molecule has 0 bridgehead atoms. The fourth-order valence-corrected chi connectivity index (χ4v) is 2.41. The summed E-state index contributed by atoms with van der Waals surface area (Å²) in [5.41, 5.74) is 2.01. The van der Waals surface area contributed by atoms with Crippen LogP contribution in [0, 0.1) is 0 Å². The molecule has 0 aliphatic carbocycles. The van der Waals surface area contributed by atoms with Crippen LogP contribution >= 0.6 is 0 Å². The third-order valence-corrected chi connectivity index (χ3v) is 3.51. The van der Waals surface area contributed by atoms with Crippen molar-refractivity contribution < 1.29 is 9.53 Å². The molecule has 3 rings (SSSR count). The first-order chi connectivity index (χ1) is 10.3. The Kier molecular flexibility index (Phi) is 4.01. The molecular weight excluding hydrogens is 262 g/mol. The van der Waals surface area contributed by atoms with Crippen LogP contribution in [0.25, 0.3) is 10.8 Å². The highest BCUT2D eigenvalue weighted by Gasteiger charge is 2.08. The van der Waals surface area contributed by atoms with Gasteiger partial charge in [0, 0.05) is 17.5 Å². The Morgan fingerprint density at radius 2 is 2.00 bits per heavy atom. The minimum absolute atomic E-state index is 0.0295. The van der Waals surface area contributed by atoms with Crippen LogP contribution in [0.15, 0.2) is 66.5 Å². The maximum Gasteiger partial charge on any atom is 0.224 e. The number of anilines is 1. The van der Waals surface area contributed by atoms with Crippen molar-refractivity contribution in [2.75, 3.05) is 11.9 Å². The number of fused-ring (bicyclic) bond motifs is 1. The number of carbonyl (C=O) groups is 1. The Balaban J connectivity index is 1.66. The average Bonchev–Trinajstić information content (AvgIpc) is 2.54. The molecule has 1 N–H and O–H groups in total. The van der Waals surface area contributed by atoms with Gasteiger partial charge < -0.3 is 10.1 Å². The normalized spacial score (nSPS) is 13.6. The van der Waals surface area contributed by atoms with Gasteiger partial charge in [-0.2, -0.15) is 0 Å². The molecule has 0 radical (unpaired) electrons. The molecule has 0 unspecified atom stereocenters. The van der Waals surface area contributed by atoms with Crippen LogP contribution in [0.4, 0.5) is 5.69 Å². The van der Waals surface area contributed by atoms with E-state index in [0.717, 1.165) is 28.5 Å². The van der Waals surface area contributed by atoms with Crippen molar-refractivity contribution in [3.8, 4) is 0 Å². The maximum atomic E-state index is 12.1. The van der Waals surface area contributed by atoms with E-state index in [0.29, 0.717) is 13.0 Å². The van der Waals surface area contributed by atoms with Gasteiger partial charge in [0.25, 0.3) is 0 Å². The van der Waals surface area contributed by atoms with Gasteiger partial charge in [0.1, 0.15) is 6.61 Å². The Hall–Kier alpha value is -2.55. The number of allylic oxidation sites excluding steroid dienone is 2. The fourth-order valence-electron chi connectivity index (χ4n) is 2.41. The van der Waals surface area contributed by atoms with Crippen molar-refractivity contribution >= 4 is 22.4 Å². The average molecular weight is 279 g/mol. The number of hydrogen-bond acceptors (Lipinski definition) is 2. The Bertz CT molecular complexity index is 711. The van der Waals surface area contributed by atoms with Crippen LogP contribution in [0.2, 0.25) is 0 Å². The first-order valence-electron chi connectivity index (χ1n) is 7.07. The smallest absolute Gasteiger partial charge is 0.224 e. The van der Waals surface area contributed by atoms with Crippen molar-refractivity contribution in [1.82, 2.24) is 0 Å². The second kappa shape index (κ2) is 6.27. The second-order valence-corrected chi connectivity index (χ2v) is 5.04. The summed E-state index contributed by atoms with van der Waals surface area (Å²) in [6, 6.07) is 14.0. The highest BCUT2D eigenvalue weighted by molar-refractivity contribution is 6.02. The number of carbonyl (C=O) groups excluding carboxylic acids is 1. The molecular formula is C18H17NO2. The van der Waals surface area contributed by atoms with E-state index in [-0.39, 0.29) is 5.91 Å². The molecule has 0 saturated carbocycles. The van der Waals surface area contributed by atoms with E-state index >= 15 is 0 Å². The molecule has 3 heteroatoms. The van der Waals surface area contributed by atoms with Gasteiger partial charge in [0.05, 0.1) is 6.26 Å². The number of hydrogen-bond donors (Lipinski definition) is 1. The summed E-state index contributed by atoms with van der Waals surface area (Å²) in [4.78, 5) is 12.1. The van der Waals surface area contributed by atoms with Crippen molar-refractivity contribution in [2.24, 2.45) is 0 Å². The lowest BCUT2D eigenvalue weighted by molar-refractivity contribution is -0.116. The van der Waals surface area contributed by atoms with Gasteiger partial charge in [-0.3, -0.25) is 4.79 Å². The minimum Gasteiger partial charge on any atom is -0.497 e. The van der Waals surface area contributed by atoms with E-state index in [1.807, 2.05) is 54.6 Å². The zero-order valence-corrected chi connectivity index (χ0v) is 11.7. The Morgan fingerprint density at radius 3 is 2.86 bits per heavy atom. The summed E-state index contributed by atoms with van der Waals surface area (Å²) in [5.74, 6) is 0.0295. The van der Waals surface area contributed by atoms with Crippen molar-refractivity contribution in [3.63, 3.8) is 0 Å². The molecule has 3 nitrogen and oxygen atoms in total. The summed E-state index contributed by atoms with van der Waals surface area (Å²) in [5, 5.41) is 5.19. The Morgan fingerprint density at radius 1 is 1.14 bits per heavy atom. The SMILES string of the molecule is O=C(CCC1=CC=COC1)Nc1cccc2ccccc12. The Labute approximate surface area is 123 Å². The molecule has 21 heavy (non-hydrogen) atoms. The lowest BCUT2D eigenvalue weighted by atomic mass is 10.1. The van der Waals surface area contributed by atoms with Gasteiger partial charge in [-0.05, 0) is 29.5 Å². The molecule has 1 heterocycles. The third-order valence-electron chi connectivity index (χ3n) is 3.51.